The van der Waals surface area contributed by atoms with Gasteiger partial charge in [0.05, 0.1) is 41.5 Å². The minimum absolute atomic E-state index is 0.107. The van der Waals surface area contributed by atoms with Crippen LogP contribution in [0, 0.1) is 0 Å². The Kier molecular flexibility index (Phi) is 11.4. The highest BCUT2D eigenvalue weighted by Crippen LogP contribution is 2.46. The average molecular weight is 470 g/mol. The lowest BCUT2D eigenvalue weighted by atomic mass is 10.4. The highest BCUT2D eigenvalue weighted by atomic mass is 79.9. The first-order valence-electron chi connectivity index (χ1n) is 6.63. The van der Waals surface area contributed by atoms with Gasteiger partial charge in [-0.1, -0.05) is 0 Å². The Morgan fingerprint density at radius 2 is 1.59 bits per heavy atom. The summed E-state index contributed by atoms with van der Waals surface area (Å²) in [5, 5.41) is 9.09. The Morgan fingerprint density at radius 1 is 1.09 bits per heavy atom. The molecule has 0 aliphatic carbocycles. The fraction of sp³-hybridized carbons (Fsp3) is 0.833. The Morgan fingerprint density at radius 3 is 2.09 bits per heavy atom. The topological polar surface area (TPSA) is 94.5 Å². The maximum absolute atomic E-state index is 11.7. The lowest BCUT2D eigenvalue weighted by molar-refractivity contribution is -0.0617. The van der Waals surface area contributed by atoms with Crippen LogP contribution in [0.2, 0.25) is 0 Å². The van der Waals surface area contributed by atoms with Crippen molar-refractivity contribution in [1.82, 2.24) is 0 Å². The third kappa shape index (κ3) is 12.0. The van der Waals surface area contributed by atoms with Crippen molar-refractivity contribution in [2.45, 2.75) is 46.0 Å². The summed E-state index contributed by atoms with van der Waals surface area (Å²) in [6.45, 7) is 7.03. The van der Waals surface area contributed by atoms with Gasteiger partial charge in [0.25, 0.3) is 0 Å². The Balaban J connectivity index is 4.05. The molecule has 7 nitrogen and oxygen atoms in total. The van der Waals surface area contributed by atoms with Gasteiger partial charge in [-0.3, -0.25) is 9.42 Å². The normalized spacial score (nSPS) is 18.2. The first-order chi connectivity index (χ1) is 10.0. The largest absolute Gasteiger partial charge is 0.527 e. The van der Waals surface area contributed by atoms with Gasteiger partial charge in [-0.05, 0) is 59.6 Å². The van der Waals surface area contributed by atoms with E-state index in [0.29, 0.717) is 3.39 Å². The Hall–Kier alpha value is 0.530. The maximum atomic E-state index is 11.7. The van der Waals surface area contributed by atoms with Crippen molar-refractivity contribution in [3.8, 4) is 0 Å². The molecule has 4 unspecified atom stereocenters. The molecular weight excluding hydrogens is 447 g/mol. The van der Waals surface area contributed by atoms with E-state index in [4.69, 9.17) is 23.6 Å². The molecule has 0 aromatic heterocycles. The molecule has 0 aliphatic rings. The van der Waals surface area contributed by atoms with Gasteiger partial charge in [0.1, 0.15) is 5.76 Å². The van der Waals surface area contributed by atoms with Crippen molar-refractivity contribution >= 4 is 39.7 Å². The summed E-state index contributed by atoms with van der Waals surface area (Å²) in [5.74, 6) is 0.194. The molecule has 0 aliphatic heterocycles. The summed E-state index contributed by atoms with van der Waals surface area (Å²) in [4.78, 5) is 9.53. The minimum Gasteiger partial charge on any atom is -0.407 e. The summed E-state index contributed by atoms with van der Waals surface area (Å²) in [7, 11) is -4.19. The molecule has 0 radical (unpaired) electrons. The van der Waals surface area contributed by atoms with Gasteiger partial charge in [-0.2, -0.15) is 0 Å². The molecule has 2 N–H and O–H groups in total. The molecule has 0 rings (SSSR count). The standard InChI is InChI=1S/C12H23Br2O7P/c1-8(15)5-18-9(2)6-19-10(3)7-20-22(16,17)21-11(4)12(13)14/h8-10,15H,5-7H2,1-4H3,(H,16,17). The van der Waals surface area contributed by atoms with Crippen LogP contribution in [0.15, 0.2) is 9.15 Å². The van der Waals surface area contributed by atoms with Gasteiger partial charge in [0.15, 0.2) is 0 Å². The lowest BCUT2D eigenvalue weighted by Gasteiger charge is -2.19. The summed E-state index contributed by atoms with van der Waals surface area (Å²) in [6, 6.07) is 0. The predicted molar refractivity (Wildman–Crippen MR) is 89.9 cm³/mol. The van der Waals surface area contributed by atoms with Crippen LogP contribution >= 0.6 is 39.7 Å². The SMILES string of the molecule is CC(OP(=O)(O)OCC(C)OCC(C)OCC(C)O)=C(Br)Br. The van der Waals surface area contributed by atoms with Crippen LogP contribution in [0.4, 0.5) is 0 Å². The fourth-order valence-corrected chi connectivity index (χ4v) is 2.43. The van der Waals surface area contributed by atoms with Crippen molar-refractivity contribution < 1.29 is 33.1 Å². The summed E-state index contributed by atoms with van der Waals surface area (Å²) in [5.41, 5.74) is 0. The zero-order chi connectivity index (χ0) is 17.3. The number of phosphoric acid groups is 1. The van der Waals surface area contributed by atoms with E-state index in [0.717, 1.165) is 0 Å². The molecule has 0 bridgehead atoms. The second-order valence-electron chi connectivity index (χ2n) is 4.81. The molecule has 0 spiro atoms. The number of aliphatic hydroxyl groups excluding tert-OH is 1. The predicted octanol–water partition coefficient (Wildman–Crippen LogP) is 3.29. The number of hydrogen-bond donors (Lipinski definition) is 2. The molecule has 0 aromatic carbocycles. The molecule has 0 fully saturated rings. The molecule has 0 saturated carbocycles. The Labute approximate surface area is 147 Å². The maximum Gasteiger partial charge on any atom is 0.527 e. The molecule has 0 heterocycles. The van der Waals surface area contributed by atoms with Crippen LogP contribution < -0.4 is 0 Å². The van der Waals surface area contributed by atoms with Crippen LogP contribution in [0.1, 0.15) is 27.7 Å². The van der Waals surface area contributed by atoms with E-state index in [-0.39, 0.29) is 31.7 Å². The minimum atomic E-state index is -4.19. The van der Waals surface area contributed by atoms with E-state index in [9.17, 15) is 9.46 Å². The van der Waals surface area contributed by atoms with Gasteiger partial charge in [-0.15, -0.1) is 0 Å². The summed E-state index contributed by atoms with van der Waals surface area (Å²) < 4.78 is 32.5. The van der Waals surface area contributed by atoms with Crippen molar-refractivity contribution in [2.75, 3.05) is 19.8 Å². The van der Waals surface area contributed by atoms with Gasteiger partial charge in [-0.25, -0.2) is 4.57 Å². The van der Waals surface area contributed by atoms with E-state index in [1.807, 2.05) is 0 Å². The fourth-order valence-electron chi connectivity index (χ4n) is 1.13. The monoisotopic (exact) mass is 468 g/mol. The summed E-state index contributed by atoms with van der Waals surface area (Å²) >= 11 is 6.13. The molecule has 0 saturated heterocycles. The zero-order valence-corrected chi connectivity index (χ0v) is 17.1. The highest BCUT2D eigenvalue weighted by Gasteiger charge is 2.25. The number of aliphatic hydroxyl groups is 1. The lowest BCUT2D eigenvalue weighted by Crippen LogP contribution is -2.25. The third-order valence-corrected chi connectivity index (χ3v) is 4.32. The van der Waals surface area contributed by atoms with Crippen molar-refractivity contribution in [2.24, 2.45) is 0 Å². The number of halogens is 2. The number of allylic oxidation sites excluding steroid dienone is 1. The molecule has 0 aromatic rings. The number of hydrogen-bond acceptors (Lipinski definition) is 6. The van der Waals surface area contributed by atoms with Gasteiger partial charge in [0, 0.05) is 0 Å². The van der Waals surface area contributed by atoms with Gasteiger partial charge >= 0.3 is 7.82 Å². The Bertz CT molecular complexity index is 399. The van der Waals surface area contributed by atoms with Crippen LogP contribution in [0.25, 0.3) is 0 Å². The zero-order valence-electron chi connectivity index (χ0n) is 13.0. The smallest absolute Gasteiger partial charge is 0.407 e. The average Bonchev–Trinajstić information content (AvgIpc) is 2.40. The van der Waals surface area contributed by atoms with Crippen molar-refractivity contribution in [3.63, 3.8) is 0 Å². The number of rotatable bonds is 11. The molecule has 10 heteroatoms. The molecule has 4 atom stereocenters. The highest BCUT2D eigenvalue weighted by molar-refractivity contribution is 9.28. The van der Waals surface area contributed by atoms with Crippen molar-refractivity contribution in [3.05, 3.63) is 9.15 Å². The van der Waals surface area contributed by atoms with Crippen molar-refractivity contribution in [1.29, 1.82) is 0 Å². The van der Waals surface area contributed by atoms with E-state index in [1.165, 1.54) is 6.92 Å². The van der Waals surface area contributed by atoms with Gasteiger partial charge in [0.2, 0.25) is 0 Å². The molecule has 0 amide bonds. The van der Waals surface area contributed by atoms with Crippen LogP contribution in [0.5, 0.6) is 0 Å². The summed E-state index contributed by atoms with van der Waals surface area (Å²) in [6.07, 6.45) is -1.16. The first kappa shape index (κ1) is 22.5. The van der Waals surface area contributed by atoms with E-state index < -0.39 is 20.0 Å². The molecular formula is C12H23Br2O7P. The molecule has 132 valence electrons. The second kappa shape index (κ2) is 11.1. The number of phosphoric ester groups is 1. The van der Waals surface area contributed by atoms with E-state index >= 15 is 0 Å². The van der Waals surface area contributed by atoms with Crippen LogP contribution in [-0.4, -0.2) is 48.1 Å². The van der Waals surface area contributed by atoms with Crippen LogP contribution in [-0.2, 0) is 23.1 Å². The van der Waals surface area contributed by atoms with E-state index in [1.54, 1.807) is 20.8 Å². The number of ether oxygens (including phenoxy) is 2. The van der Waals surface area contributed by atoms with Gasteiger partial charge < -0.3 is 19.1 Å². The first-order valence-corrected chi connectivity index (χ1v) is 9.71. The molecule has 22 heavy (non-hydrogen) atoms. The second-order valence-corrected chi connectivity index (χ2v) is 8.84. The quantitative estimate of drug-likeness (QED) is 0.354. The third-order valence-electron chi connectivity index (χ3n) is 2.23. The van der Waals surface area contributed by atoms with E-state index in [2.05, 4.69) is 31.9 Å². The van der Waals surface area contributed by atoms with Crippen LogP contribution in [0.3, 0.4) is 0 Å².